The van der Waals surface area contributed by atoms with Crippen LogP contribution in [0.15, 0.2) is 29.3 Å². The largest absolute Gasteiger partial charge is 0.503 e. The maximum atomic E-state index is 9.67. The average molecular weight is 272 g/mol. The molecule has 4 heteroatoms. The third kappa shape index (κ3) is 2.73. The Kier molecular flexibility index (Phi) is 4.17. The van der Waals surface area contributed by atoms with Crippen LogP contribution < -0.4 is 10.5 Å². The first-order chi connectivity index (χ1) is 7.10. The molecule has 0 saturated carbocycles. The number of phenols is 1. The Balaban J connectivity index is 3.16. The van der Waals surface area contributed by atoms with Crippen molar-refractivity contribution in [3.05, 3.63) is 34.8 Å². The van der Waals surface area contributed by atoms with E-state index in [-0.39, 0.29) is 11.8 Å². The number of rotatable bonds is 4. The second kappa shape index (κ2) is 5.19. The lowest BCUT2D eigenvalue weighted by Crippen LogP contribution is -2.07. The number of hydrogen-bond donors (Lipinski definition) is 2. The predicted octanol–water partition coefficient (Wildman–Crippen LogP) is 2.74. The molecule has 3 N–H and O–H groups in total. The van der Waals surface area contributed by atoms with Gasteiger partial charge in [-0.05, 0) is 40.5 Å². The number of benzene rings is 1. The molecule has 1 aromatic carbocycles. The first-order valence-corrected chi connectivity index (χ1v) is 5.42. The fraction of sp³-hybridized carbons (Fsp3) is 0.273. The third-order valence-electron chi connectivity index (χ3n) is 1.99. The third-order valence-corrected chi connectivity index (χ3v) is 2.59. The zero-order valence-corrected chi connectivity index (χ0v) is 10.1. The Morgan fingerprint density at radius 1 is 1.67 bits per heavy atom. The predicted molar refractivity (Wildman–Crippen MR) is 64.1 cm³/mol. The van der Waals surface area contributed by atoms with Gasteiger partial charge in [-0.25, -0.2) is 0 Å². The molecule has 3 nitrogen and oxygen atoms in total. The summed E-state index contributed by atoms with van der Waals surface area (Å²) in [5.41, 5.74) is 6.65. The highest BCUT2D eigenvalue weighted by Gasteiger charge is 2.11. The first-order valence-electron chi connectivity index (χ1n) is 4.63. The number of phenolic OH excluding ortho intramolecular Hbond substituents is 1. The van der Waals surface area contributed by atoms with Gasteiger partial charge >= 0.3 is 0 Å². The van der Waals surface area contributed by atoms with Crippen LogP contribution in [0, 0.1) is 0 Å². The van der Waals surface area contributed by atoms with E-state index in [0.29, 0.717) is 16.8 Å². The number of halogens is 1. The molecule has 0 fully saturated rings. The molecular formula is C11H14BrNO2. The Bertz CT molecular complexity index is 366. The molecule has 0 heterocycles. The first kappa shape index (κ1) is 12.1. The lowest BCUT2D eigenvalue weighted by molar-refractivity contribution is 0.317. The maximum Gasteiger partial charge on any atom is 0.172 e. The van der Waals surface area contributed by atoms with Gasteiger partial charge in [0.15, 0.2) is 11.5 Å². The SMILES string of the molecule is C=C[C@H](N)c1cc(Br)c(O)c(OCC)c1. The van der Waals surface area contributed by atoms with Crippen molar-refractivity contribution in [2.24, 2.45) is 5.73 Å². The van der Waals surface area contributed by atoms with E-state index in [2.05, 4.69) is 22.5 Å². The number of nitrogens with two attached hydrogens (primary N) is 1. The molecule has 0 spiro atoms. The molecule has 0 aliphatic heterocycles. The van der Waals surface area contributed by atoms with Crippen molar-refractivity contribution in [2.75, 3.05) is 6.61 Å². The summed E-state index contributed by atoms with van der Waals surface area (Å²) in [5.74, 6) is 0.524. The minimum atomic E-state index is -0.263. The molecule has 0 radical (unpaired) electrons. The molecule has 0 aromatic heterocycles. The Labute approximate surface area is 97.7 Å². The Hall–Kier alpha value is -1.00. The van der Waals surface area contributed by atoms with Gasteiger partial charge in [0.2, 0.25) is 0 Å². The van der Waals surface area contributed by atoms with Crippen molar-refractivity contribution >= 4 is 15.9 Å². The van der Waals surface area contributed by atoms with Gasteiger partial charge in [0.25, 0.3) is 0 Å². The van der Waals surface area contributed by atoms with Crippen molar-refractivity contribution in [2.45, 2.75) is 13.0 Å². The molecule has 82 valence electrons. The summed E-state index contributed by atoms with van der Waals surface area (Å²) in [6.45, 7) is 5.97. The van der Waals surface area contributed by atoms with Gasteiger partial charge < -0.3 is 15.6 Å². The van der Waals surface area contributed by atoms with Crippen LogP contribution in [0.5, 0.6) is 11.5 Å². The zero-order chi connectivity index (χ0) is 11.4. The summed E-state index contributed by atoms with van der Waals surface area (Å²) in [7, 11) is 0. The quantitative estimate of drug-likeness (QED) is 0.828. The van der Waals surface area contributed by atoms with Crippen LogP contribution >= 0.6 is 15.9 Å². The highest BCUT2D eigenvalue weighted by atomic mass is 79.9. The molecule has 0 aliphatic rings. The number of aromatic hydroxyl groups is 1. The van der Waals surface area contributed by atoms with Crippen molar-refractivity contribution in [1.29, 1.82) is 0 Å². The highest BCUT2D eigenvalue weighted by molar-refractivity contribution is 9.10. The fourth-order valence-electron chi connectivity index (χ4n) is 1.19. The lowest BCUT2D eigenvalue weighted by Gasteiger charge is -2.12. The van der Waals surface area contributed by atoms with Gasteiger partial charge in [0.1, 0.15) is 0 Å². The molecule has 1 aromatic rings. The van der Waals surface area contributed by atoms with Gasteiger partial charge in [0.05, 0.1) is 11.1 Å². The molecule has 0 bridgehead atoms. The summed E-state index contributed by atoms with van der Waals surface area (Å²) in [6.07, 6.45) is 1.63. The van der Waals surface area contributed by atoms with Crippen LogP contribution in [0.4, 0.5) is 0 Å². The molecule has 1 rings (SSSR count). The summed E-state index contributed by atoms with van der Waals surface area (Å²) in [5, 5.41) is 9.67. The zero-order valence-electron chi connectivity index (χ0n) is 8.53. The number of hydrogen-bond acceptors (Lipinski definition) is 3. The van der Waals surface area contributed by atoms with E-state index in [9.17, 15) is 5.11 Å². The molecule has 0 amide bonds. The van der Waals surface area contributed by atoms with Crippen molar-refractivity contribution < 1.29 is 9.84 Å². The fourth-order valence-corrected chi connectivity index (χ4v) is 1.65. The Morgan fingerprint density at radius 3 is 2.87 bits per heavy atom. The molecule has 15 heavy (non-hydrogen) atoms. The smallest absolute Gasteiger partial charge is 0.172 e. The topological polar surface area (TPSA) is 55.5 Å². The van der Waals surface area contributed by atoms with E-state index >= 15 is 0 Å². The Morgan fingerprint density at radius 2 is 2.33 bits per heavy atom. The van der Waals surface area contributed by atoms with Crippen molar-refractivity contribution in [3.63, 3.8) is 0 Å². The van der Waals surface area contributed by atoms with Gasteiger partial charge in [0, 0.05) is 6.04 Å². The summed E-state index contributed by atoms with van der Waals surface area (Å²) >= 11 is 3.24. The highest BCUT2D eigenvalue weighted by Crippen LogP contribution is 2.36. The molecule has 0 aliphatic carbocycles. The number of ether oxygens (including phenoxy) is 1. The maximum absolute atomic E-state index is 9.67. The van der Waals surface area contributed by atoms with Gasteiger partial charge in [-0.2, -0.15) is 0 Å². The van der Waals surface area contributed by atoms with E-state index in [4.69, 9.17) is 10.5 Å². The standard InChI is InChI=1S/C11H14BrNO2/c1-3-9(13)7-5-8(12)11(14)10(6-7)15-4-2/h3,5-6,9,14H,1,4,13H2,2H3/t9-/m0/s1. The van der Waals surface area contributed by atoms with Crippen LogP contribution in [-0.2, 0) is 0 Å². The summed E-state index contributed by atoms with van der Waals surface area (Å²) < 4.78 is 5.85. The lowest BCUT2D eigenvalue weighted by atomic mass is 10.1. The monoisotopic (exact) mass is 271 g/mol. The molecular weight excluding hydrogens is 258 g/mol. The molecule has 0 unspecified atom stereocenters. The van der Waals surface area contributed by atoms with Gasteiger partial charge in [-0.15, -0.1) is 6.58 Å². The van der Waals surface area contributed by atoms with E-state index < -0.39 is 0 Å². The van der Waals surface area contributed by atoms with Gasteiger partial charge in [-0.1, -0.05) is 6.08 Å². The minimum Gasteiger partial charge on any atom is -0.503 e. The van der Waals surface area contributed by atoms with Crippen LogP contribution in [0.2, 0.25) is 0 Å². The van der Waals surface area contributed by atoms with E-state index in [1.807, 2.05) is 6.92 Å². The van der Waals surface area contributed by atoms with Crippen molar-refractivity contribution in [3.8, 4) is 11.5 Å². The molecule has 0 saturated heterocycles. The van der Waals surface area contributed by atoms with Crippen LogP contribution in [-0.4, -0.2) is 11.7 Å². The van der Waals surface area contributed by atoms with Crippen LogP contribution in [0.3, 0.4) is 0 Å². The second-order valence-electron chi connectivity index (χ2n) is 3.04. The average Bonchev–Trinajstić information content (AvgIpc) is 2.23. The van der Waals surface area contributed by atoms with Crippen LogP contribution in [0.1, 0.15) is 18.5 Å². The summed E-state index contributed by atoms with van der Waals surface area (Å²) in [4.78, 5) is 0. The minimum absolute atomic E-state index is 0.0943. The van der Waals surface area contributed by atoms with E-state index in [0.717, 1.165) is 5.56 Å². The normalized spacial score (nSPS) is 12.2. The van der Waals surface area contributed by atoms with E-state index in [1.54, 1.807) is 18.2 Å². The second-order valence-corrected chi connectivity index (χ2v) is 3.90. The van der Waals surface area contributed by atoms with E-state index in [1.165, 1.54) is 0 Å². The molecule has 1 atom stereocenters. The van der Waals surface area contributed by atoms with Crippen LogP contribution in [0.25, 0.3) is 0 Å². The van der Waals surface area contributed by atoms with Crippen molar-refractivity contribution in [1.82, 2.24) is 0 Å². The van der Waals surface area contributed by atoms with Gasteiger partial charge in [-0.3, -0.25) is 0 Å². The summed E-state index contributed by atoms with van der Waals surface area (Å²) in [6, 6.07) is 3.21.